The summed E-state index contributed by atoms with van der Waals surface area (Å²) in [5, 5.41) is 39.5. The van der Waals surface area contributed by atoms with E-state index in [2.05, 4.69) is 20.6 Å². The number of oxime groups is 1. The molecule has 0 aliphatic carbocycles. The van der Waals surface area contributed by atoms with Gasteiger partial charge in [-0.05, 0) is 19.4 Å². The second-order valence-corrected chi connectivity index (χ2v) is 10.8. The number of nitrogens with one attached hydrogen (secondary N) is 1. The second kappa shape index (κ2) is 10.4. The van der Waals surface area contributed by atoms with E-state index in [1.54, 1.807) is 0 Å². The molecular weight excluding hydrogens is 558 g/mol. The molecule has 2 atom stereocenters. The first-order valence-corrected chi connectivity index (χ1v) is 12.9. The number of aromatic hydroxyl groups is 1. The van der Waals surface area contributed by atoms with Gasteiger partial charge in [-0.15, -0.1) is 23.1 Å². The average Bonchev–Trinajstić information content (AvgIpc) is 3.29. The summed E-state index contributed by atoms with van der Waals surface area (Å²) >= 11 is 2.17. The first kappa shape index (κ1) is 27.6. The molecule has 0 aromatic carbocycles. The zero-order chi connectivity index (χ0) is 28.6. The lowest BCUT2D eigenvalue weighted by Crippen LogP contribution is -2.71. The van der Waals surface area contributed by atoms with Crippen LogP contribution in [0.15, 0.2) is 39.0 Å². The van der Waals surface area contributed by atoms with Crippen LogP contribution in [0.5, 0.6) is 5.75 Å². The molecule has 206 valence electrons. The van der Waals surface area contributed by atoms with Crippen molar-refractivity contribution in [1.29, 1.82) is 0 Å². The summed E-state index contributed by atoms with van der Waals surface area (Å²) in [6, 6.07) is -1.14. The SMILES string of the molecule is CC(C)(O/N=C(\C(=O)NC1C(=O)N2C(C(=O)O)=C(Cn3cc(O)c(=O)cn3)CSC12)c1csc(N)n1)C(=O)O. The maximum Gasteiger partial charge on any atom is 0.352 e. The summed E-state index contributed by atoms with van der Waals surface area (Å²) in [5.74, 6) is -4.79. The zero-order valence-electron chi connectivity index (χ0n) is 20.2. The molecule has 2 amide bonds. The Bertz CT molecular complexity index is 1500. The van der Waals surface area contributed by atoms with Gasteiger partial charge in [0.15, 0.2) is 16.6 Å². The molecule has 2 unspecified atom stereocenters. The zero-order valence-corrected chi connectivity index (χ0v) is 21.9. The molecule has 2 aliphatic heterocycles. The fraction of sp³-hybridized carbons (Fsp3) is 0.333. The number of nitrogens with zero attached hydrogens (tertiary/aromatic N) is 5. The maximum atomic E-state index is 13.1. The minimum absolute atomic E-state index is 0.0126. The number of carbonyl (C=O) groups is 4. The molecular formula is C21H21N7O9S2. The molecule has 6 N–H and O–H groups in total. The van der Waals surface area contributed by atoms with E-state index in [0.717, 1.165) is 28.6 Å². The van der Waals surface area contributed by atoms with E-state index < -0.39 is 57.7 Å². The van der Waals surface area contributed by atoms with E-state index in [9.17, 15) is 39.3 Å². The Morgan fingerprint density at radius 3 is 2.62 bits per heavy atom. The Kier molecular flexibility index (Phi) is 7.33. The summed E-state index contributed by atoms with van der Waals surface area (Å²) in [7, 11) is 0. The molecule has 0 bridgehead atoms. The van der Waals surface area contributed by atoms with Crippen molar-refractivity contribution in [3.8, 4) is 5.75 Å². The standard InChI is InChI=1S/C21H21N7O9S2/c1-21(2,19(35)36)37-26-12(9-7-39-20(22)24-9)15(31)25-13-16(32)28-14(18(33)34)8(6-38-17(13)28)4-27-5-11(30)10(29)3-23-27/h3,5,7,13,17,30H,4,6H2,1-2H3,(H2,22,24)(H,25,31)(H,33,34)(H,35,36)/b26-12-. The molecule has 0 spiro atoms. The minimum atomic E-state index is -1.79. The number of hydrogen-bond donors (Lipinski definition) is 5. The van der Waals surface area contributed by atoms with Crippen molar-refractivity contribution in [2.45, 2.75) is 37.4 Å². The Morgan fingerprint density at radius 2 is 2.03 bits per heavy atom. The van der Waals surface area contributed by atoms with Crippen LogP contribution in [0.25, 0.3) is 0 Å². The van der Waals surface area contributed by atoms with Crippen molar-refractivity contribution >= 4 is 57.7 Å². The van der Waals surface area contributed by atoms with Crippen LogP contribution in [0.2, 0.25) is 0 Å². The number of thioether (sulfide) groups is 1. The highest BCUT2D eigenvalue weighted by Gasteiger charge is 2.54. The molecule has 18 heteroatoms. The quantitative estimate of drug-likeness (QED) is 0.136. The molecule has 4 rings (SSSR count). The van der Waals surface area contributed by atoms with Crippen molar-refractivity contribution in [2.24, 2.45) is 5.16 Å². The van der Waals surface area contributed by atoms with Gasteiger partial charge >= 0.3 is 11.9 Å². The van der Waals surface area contributed by atoms with Gasteiger partial charge in [0.25, 0.3) is 11.8 Å². The molecule has 1 saturated heterocycles. The van der Waals surface area contributed by atoms with Gasteiger partial charge in [0.2, 0.25) is 11.0 Å². The summed E-state index contributed by atoms with van der Waals surface area (Å²) in [6.07, 6.45) is 1.93. The molecule has 4 heterocycles. The number of aromatic nitrogens is 3. The normalized spacial score (nSPS) is 19.3. The van der Waals surface area contributed by atoms with E-state index in [0.29, 0.717) is 5.57 Å². The van der Waals surface area contributed by atoms with Crippen LogP contribution >= 0.6 is 23.1 Å². The van der Waals surface area contributed by atoms with Crippen LogP contribution < -0.4 is 16.5 Å². The van der Waals surface area contributed by atoms with Crippen LogP contribution in [-0.2, 0) is 30.6 Å². The van der Waals surface area contributed by atoms with E-state index in [-0.39, 0.29) is 28.8 Å². The number of carboxylic acid groups (broad SMARTS) is 2. The van der Waals surface area contributed by atoms with Gasteiger partial charge in [-0.2, -0.15) is 5.10 Å². The predicted octanol–water partition coefficient (Wildman–Crippen LogP) is -0.990. The summed E-state index contributed by atoms with van der Waals surface area (Å²) < 4.78 is 1.17. The van der Waals surface area contributed by atoms with Gasteiger partial charge in [-0.1, -0.05) is 5.16 Å². The first-order valence-electron chi connectivity index (χ1n) is 11.0. The second-order valence-electron chi connectivity index (χ2n) is 8.76. The van der Waals surface area contributed by atoms with Gasteiger partial charge in [-0.25, -0.2) is 14.6 Å². The van der Waals surface area contributed by atoms with E-state index >= 15 is 0 Å². The number of aliphatic carboxylic acids is 2. The first-order chi connectivity index (χ1) is 18.3. The molecule has 2 aliphatic rings. The summed E-state index contributed by atoms with van der Waals surface area (Å²) in [4.78, 5) is 71.1. The maximum absolute atomic E-state index is 13.1. The molecule has 39 heavy (non-hydrogen) atoms. The number of nitrogen functional groups attached to an aromatic ring is 1. The number of carboxylic acids is 2. The number of rotatable bonds is 9. The van der Waals surface area contributed by atoms with Crippen molar-refractivity contribution in [3.63, 3.8) is 0 Å². The predicted molar refractivity (Wildman–Crippen MR) is 136 cm³/mol. The number of thiazole rings is 1. The number of amides is 2. The van der Waals surface area contributed by atoms with Crippen LogP contribution in [-0.4, -0.2) is 87.2 Å². The van der Waals surface area contributed by atoms with E-state index in [1.807, 2.05) is 0 Å². The van der Waals surface area contributed by atoms with Gasteiger partial charge in [0.05, 0.1) is 18.9 Å². The van der Waals surface area contributed by atoms with E-state index in [4.69, 9.17) is 10.6 Å². The van der Waals surface area contributed by atoms with Crippen LogP contribution in [0.1, 0.15) is 19.5 Å². The lowest BCUT2D eigenvalue weighted by atomic mass is 10.0. The third-order valence-corrected chi connectivity index (χ3v) is 7.61. The molecule has 16 nitrogen and oxygen atoms in total. The Balaban J connectivity index is 1.56. The lowest BCUT2D eigenvalue weighted by molar-refractivity contribution is -0.161. The van der Waals surface area contributed by atoms with Crippen molar-refractivity contribution in [2.75, 3.05) is 11.5 Å². The minimum Gasteiger partial charge on any atom is -0.503 e. The fourth-order valence-electron chi connectivity index (χ4n) is 3.53. The fourth-order valence-corrected chi connectivity index (χ4v) is 5.41. The third-order valence-electron chi connectivity index (χ3n) is 5.60. The Morgan fingerprint density at radius 1 is 1.31 bits per heavy atom. The number of hydrogen-bond acceptors (Lipinski definition) is 13. The molecule has 2 aromatic rings. The highest BCUT2D eigenvalue weighted by Crippen LogP contribution is 2.40. The van der Waals surface area contributed by atoms with Crippen molar-refractivity contribution in [3.05, 3.63) is 45.0 Å². The highest BCUT2D eigenvalue weighted by molar-refractivity contribution is 8.00. The number of fused-ring (bicyclic) bond motifs is 1. The van der Waals surface area contributed by atoms with Gasteiger partial charge in [0.1, 0.15) is 22.8 Å². The number of carbonyl (C=O) groups excluding carboxylic acids is 2. The van der Waals surface area contributed by atoms with Crippen LogP contribution in [0.4, 0.5) is 5.13 Å². The Labute approximate surface area is 226 Å². The monoisotopic (exact) mass is 579 g/mol. The van der Waals surface area contributed by atoms with Gasteiger partial charge in [-0.3, -0.25) is 24.0 Å². The third kappa shape index (κ3) is 5.41. The molecule has 1 fully saturated rings. The van der Waals surface area contributed by atoms with Gasteiger partial charge < -0.3 is 31.2 Å². The van der Waals surface area contributed by atoms with Crippen molar-refractivity contribution < 1.29 is 39.3 Å². The lowest BCUT2D eigenvalue weighted by Gasteiger charge is -2.49. The number of β-lactam (4-membered cyclic amide) rings is 1. The van der Waals surface area contributed by atoms with Gasteiger partial charge in [0, 0.05) is 11.1 Å². The van der Waals surface area contributed by atoms with Crippen LogP contribution in [0, 0.1) is 0 Å². The van der Waals surface area contributed by atoms with Crippen molar-refractivity contribution in [1.82, 2.24) is 25.0 Å². The number of nitrogens with two attached hydrogens (primary N) is 1. The topological polar surface area (TPSA) is 240 Å². The smallest absolute Gasteiger partial charge is 0.352 e. The van der Waals surface area contributed by atoms with Crippen LogP contribution in [0.3, 0.4) is 0 Å². The summed E-state index contributed by atoms with van der Waals surface area (Å²) in [6.45, 7) is 2.32. The highest BCUT2D eigenvalue weighted by atomic mass is 32.2. The van der Waals surface area contributed by atoms with E-state index in [1.165, 1.54) is 35.7 Å². The summed E-state index contributed by atoms with van der Waals surface area (Å²) in [5.41, 5.74) is 2.71. The Hall–Kier alpha value is -4.45. The molecule has 0 saturated carbocycles. The number of anilines is 1. The molecule has 2 aromatic heterocycles. The largest absolute Gasteiger partial charge is 0.503 e. The molecule has 0 radical (unpaired) electrons. The average molecular weight is 580 g/mol.